The normalized spacial score (nSPS) is 26.6. The monoisotopic (exact) mass is 230 g/mol. The van der Waals surface area contributed by atoms with Crippen LogP contribution >= 0.6 is 0 Å². The summed E-state index contributed by atoms with van der Waals surface area (Å²) in [6.07, 6.45) is 5.26. The lowest BCUT2D eigenvalue weighted by Gasteiger charge is -2.44. The Labute approximate surface area is 106 Å². The van der Waals surface area contributed by atoms with Crippen LogP contribution < -0.4 is 0 Å². The number of hydrogen-bond acceptors (Lipinski definition) is 0. The molecule has 0 N–H and O–H groups in total. The Morgan fingerprint density at radius 3 is 2.41 bits per heavy atom. The molecule has 0 saturated heterocycles. The predicted molar refractivity (Wildman–Crippen MR) is 75.7 cm³/mol. The molecule has 17 heavy (non-hydrogen) atoms. The van der Waals surface area contributed by atoms with E-state index in [4.69, 9.17) is 0 Å². The van der Waals surface area contributed by atoms with Crippen molar-refractivity contribution in [2.75, 3.05) is 0 Å². The molecule has 2 rings (SSSR count). The van der Waals surface area contributed by atoms with Crippen LogP contribution in [0.3, 0.4) is 0 Å². The van der Waals surface area contributed by atoms with Crippen molar-refractivity contribution in [2.45, 2.75) is 71.1 Å². The first-order valence-corrected chi connectivity index (χ1v) is 7.01. The summed E-state index contributed by atoms with van der Waals surface area (Å²) in [6, 6.07) is 7.09. The molecule has 1 atom stereocenters. The molecule has 0 nitrogen and oxygen atoms in total. The van der Waals surface area contributed by atoms with Gasteiger partial charge in [-0.3, -0.25) is 0 Å². The second kappa shape index (κ2) is 4.15. The highest BCUT2D eigenvalue weighted by Gasteiger charge is 2.38. The fourth-order valence-electron chi connectivity index (χ4n) is 3.42. The summed E-state index contributed by atoms with van der Waals surface area (Å²) in [5.74, 6) is 0. The maximum atomic E-state index is 2.46. The Hall–Kier alpha value is -0.780. The van der Waals surface area contributed by atoms with Gasteiger partial charge in [-0.05, 0) is 48.1 Å². The van der Waals surface area contributed by atoms with Crippen molar-refractivity contribution in [3.05, 3.63) is 34.9 Å². The molecular formula is C17H26. The summed E-state index contributed by atoms with van der Waals surface area (Å²) in [6.45, 7) is 11.8. The topological polar surface area (TPSA) is 0 Å². The van der Waals surface area contributed by atoms with Crippen LogP contribution in [0.1, 0.15) is 70.1 Å². The highest BCUT2D eigenvalue weighted by Crippen LogP contribution is 2.48. The lowest BCUT2D eigenvalue weighted by Crippen LogP contribution is -2.35. The van der Waals surface area contributed by atoms with Gasteiger partial charge in [-0.1, -0.05) is 57.9 Å². The van der Waals surface area contributed by atoms with Gasteiger partial charge in [0.1, 0.15) is 0 Å². The summed E-state index contributed by atoms with van der Waals surface area (Å²) < 4.78 is 0. The van der Waals surface area contributed by atoms with E-state index in [1.165, 1.54) is 31.2 Å². The van der Waals surface area contributed by atoms with Gasteiger partial charge in [-0.15, -0.1) is 0 Å². The van der Waals surface area contributed by atoms with Crippen LogP contribution in [0.2, 0.25) is 0 Å². The van der Waals surface area contributed by atoms with E-state index in [-0.39, 0.29) is 0 Å². The average molecular weight is 230 g/mol. The van der Waals surface area contributed by atoms with Gasteiger partial charge in [0, 0.05) is 0 Å². The van der Waals surface area contributed by atoms with Crippen LogP contribution in [0.25, 0.3) is 0 Å². The highest BCUT2D eigenvalue weighted by atomic mass is 14.4. The minimum atomic E-state index is 0.357. The second-order valence-electron chi connectivity index (χ2n) is 6.74. The molecule has 0 aliphatic heterocycles. The minimum Gasteiger partial charge on any atom is -0.0654 e. The quantitative estimate of drug-likeness (QED) is 0.661. The van der Waals surface area contributed by atoms with E-state index in [1.54, 1.807) is 11.1 Å². The van der Waals surface area contributed by atoms with E-state index in [9.17, 15) is 0 Å². The van der Waals surface area contributed by atoms with Crippen molar-refractivity contribution in [2.24, 2.45) is 0 Å². The van der Waals surface area contributed by atoms with Gasteiger partial charge in [0.05, 0.1) is 0 Å². The van der Waals surface area contributed by atoms with Gasteiger partial charge in [-0.25, -0.2) is 0 Å². The Morgan fingerprint density at radius 2 is 1.76 bits per heavy atom. The molecule has 1 aliphatic carbocycles. The first kappa shape index (κ1) is 12.7. The standard InChI is InChI=1S/C17H26/c1-6-9-17(5)11-10-16(3,4)14-8-7-13(2)12-15(14)17/h7-8,12H,6,9-11H2,1-5H3. The summed E-state index contributed by atoms with van der Waals surface area (Å²) in [5, 5.41) is 0. The van der Waals surface area contributed by atoms with E-state index in [1.807, 2.05) is 0 Å². The van der Waals surface area contributed by atoms with Crippen LogP contribution in [0.15, 0.2) is 18.2 Å². The molecule has 0 radical (unpaired) electrons. The fourth-order valence-corrected chi connectivity index (χ4v) is 3.42. The number of fused-ring (bicyclic) bond motifs is 1. The average Bonchev–Trinajstić information content (AvgIpc) is 2.25. The van der Waals surface area contributed by atoms with Gasteiger partial charge < -0.3 is 0 Å². The lowest BCUT2D eigenvalue weighted by atomic mass is 9.61. The smallest absolute Gasteiger partial charge is 0.00720 e. The zero-order valence-electron chi connectivity index (χ0n) is 12.1. The molecule has 0 bridgehead atoms. The van der Waals surface area contributed by atoms with Crippen molar-refractivity contribution >= 4 is 0 Å². The zero-order valence-corrected chi connectivity index (χ0v) is 12.1. The molecule has 0 fully saturated rings. The maximum absolute atomic E-state index is 2.46. The molecular weight excluding hydrogens is 204 g/mol. The molecule has 0 saturated carbocycles. The van der Waals surface area contributed by atoms with Crippen molar-refractivity contribution < 1.29 is 0 Å². The summed E-state index contributed by atoms with van der Waals surface area (Å²) in [5.41, 5.74) is 5.38. The molecule has 0 amide bonds. The molecule has 0 aromatic heterocycles. The molecule has 0 heterocycles. The predicted octanol–water partition coefficient (Wildman–Crippen LogP) is 5.12. The third kappa shape index (κ3) is 2.14. The minimum absolute atomic E-state index is 0.357. The van der Waals surface area contributed by atoms with Crippen molar-refractivity contribution in [1.82, 2.24) is 0 Å². The lowest BCUT2D eigenvalue weighted by molar-refractivity contribution is 0.295. The molecule has 1 aromatic carbocycles. The largest absolute Gasteiger partial charge is 0.0654 e. The fraction of sp³-hybridized carbons (Fsp3) is 0.647. The van der Waals surface area contributed by atoms with Crippen molar-refractivity contribution in [3.8, 4) is 0 Å². The third-order valence-corrected chi connectivity index (χ3v) is 4.66. The van der Waals surface area contributed by atoms with E-state index in [0.717, 1.165) is 0 Å². The van der Waals surface area contributed by atoms with E-state index in [0.29, 0.717) is 10.8 Å². The number of benzene rings is 1. The number of hydrogen-bond donors (Lipinski definition) is 0. The van der Waals surface area contributed by atoms with E-state index < -0.39 is 0 Å². The molecule has 1 unspecified atom stereocenters. The van der Waals surface area contributed by atoms with Gasteiger partial charge >= 0.3 is 0 Å². The number of rotatable bonds is 2. The Kier molecular flexibility index (Phi) is 3.10. The highest BCUT2D eigenvalue weighted by molar-refractivity contribution is 5.43. The zero-order chi connectivity index (χ0) is 12.7. The Morgan fingerprint density at radius 1 is 1.06 bits per heavy atom. The SMILES string of the molecule is CCCC1(C)CCC(C)(C)c2ccc(C)cc21. The van der Waals surface area contributed by atoms with Gasteiger partial charge in [0.2, 0.25) is 0 Å². The summed E-state index contributed by atoms with van der Waals surface area (Å²) in [7, 11) is 0. The van der Waals surface area contributed by atoms with Crippen LogP contribution in [-0.2, 0) is 10.8 Å². The summed E-state index contributed by atoms with van der Waals surface area (Å²) in [4.78, 5) is 0. The summed E-state index contributed by atoms with van der Waals surface area (Å²) >= 11 is 0. The van der Waals surface area contributed by atoms with Crippen molar-refractivity contribution in [1.29, 1.82) is 0 Å². The van der Waals surface area contributed by atoms with Crippen molar-refractivity contribution in [3.63, 3.8) is 0 Å². The Bertz CT molecular complexity index is 414. The first-order chi connectivity index (χ1) is 7.89. The second-order valence-corrected chi connectivity index (χ2v) is 6.74. The number of aryl methyl sites for hydroxylation is 1. The van der Waals surface area contributed by atoms with Crippen LogP contribution in [0, 0.1) is 6.92 Å². The van der Waals surface area contributed by atoms with Crippen LogP contribution in [-0.4, -0.2) is 0 Å². The van der Waals surface area contributed by atoms with E-state index in [2.05, 4.69) is 52.8 Å². The molecule has 1 aromatic rings. The van der Waals surface area contributed by atoms with Gasteiger partial charge in [0.25, 0.3) is 0 Å². The molecule has 0 heteroatoms. The van der Waals surface area contributed by atoms with Crippen LogP contribution in [0.4, 0.5) is 0 Å². The molecule has 1 aliphatic rings. The molecule has 94 valence electrons. The maximum Gasteiger partial charge on any atom is -0.00720 e. The Balaban J connectivity index is 2.56. The molecule has 0 spiro atoms. The first-order valence-electron chi connectivity index (χ1n) is 7.01. The van der Waals surface area contributed by atoms with Gasteiger partial charge in [0.15, 0.2) is 0 Å². The van der Waals surface area contributed by atoms with Gasteiger partial charge in [-0.2, -0.15) is 0 Å². The van der Waals surface area contributed by atoms with Crippen LogP contribution in [0.5, 0.6) is 0 Å². The third-order valence-electron chi connectivity index (χ3n) is 4.66. The van der Waals surface area contributed by atoms with E-state index >= 15 is 0 Å².